The lowest BCUT2D eigenvalue weighted by atomic mass is 10.0. The van der Waals surface area contributed by atoms with E-state index in [1.165, 1.54) is 30.3 Å². The molecule has 4 heterocycles. The number of hydrazine groups is 2. The third-order valence-electron chi connectivity index (χ3n) is 9.84. The smallest absolute Gasteiger partial charge is 0.349 e. The standard InChI is InChI=1S/C38H39N7O13/c1-3-43(4-2)21-9-7-19-15-24(38(56)57-28(19)16-21)33(51)41-42-34(52)26(18-31(48)49)40-35(53)27-6-5-13-44-30(47)12-11-25(36(54)45(27)44)39-32(50)23-14-20-8-10-22(46)17-29(20)58-37(23)55/h7-10,14-17,25-27,46H,3-6,11-13,18H2,1-2H3,(H,39,50)(H,40,53)(H,41,51)(H,42,52)(H,48,49)/t25-,26-,27-/m0/s1. The fourth-order valence-electron chi connectivity index (χ4n) is 6.87. The second-order valence-corrected chi connectivity index (χ2v) is 13.5. The van der Waals surface area contributed by atoms with Crippen molar-refractivity contribution in [3.8, 4) is 5.75 Å². The van der Waals surface area contributed by atoms with Crippen LogP contribution in [0.2, 0.25) is 0 Å². The van der Waals surface area contributed by atoms with Crippen LogP contribution in [0, 0.1) is 0 Å². The van der Waals surface area contributed by atoms with Gasteiger partial charge in [-0.3, -0.25) is 49.4 Å². The number of aliphatic carboxylic acids is 1. The molecule has 2 aromatic heterocycles. The van der Waals surface area contributed by atoms with Crippen LogP contribution in [0.3, 0.4) is 0 Å². The summed E-state index contributed by atoms with van der Waals surface area (Å²) < 4.78 is 10.5. The van der Waals surface area contributed by atoms with Gasteiger partial charge in [0.2, 0.25) is 11.8 Å². The first-order chi connectivity index (χ1) is 27.7. The van der Waals surface area contributed by atoms with Crippen molar-refractivity contribution in [2.24, 2.45) is 0 Å². The number of carboxylic acids is 1. The fourth-order valence-corrected chi connectivity index (χ4v) is 6.87. The topological polar surface area (TPSA) is 278 Å². The summed E-state index contributed by atoms with van der Waals surface area (Å²) in [6, 6.07) is 6.79. The van der Waals surface area contributed by atoms with Gasteiger partial charge in [-0.2, -0.15) is 0 Å². The average Bonchev–Trinajstić information content (AvgIpc) is 3.31. The van der Waals surface area contributed by atoms with Crippen LogP contribution in [-0.4, -0.2) is 99.4 Å². The summed E-state index contributed by atoms with van der Waals surface area (Å²) in [6.07, 6.45) is -1.21. The van der Waals surface area contributed by atoms with Crippen molar-refractivity contribution in [2.45, 2.75) is 64.1 Å². The van der Waals surface area contributed by atoms with Gasteiger partial charge in [-0.05, 0) is 69.5 Å². The monoisotopic (exact) mass is 801 g/mol. The molecule has 6 amide bonds. The first kappa shape index (κ1) is 40.4. The third-order valence-corrected chi connectivity index (χ3v) is 9.84. The minimum absolute atomic E-state index is 0.00908. The number of carboxylic acid groups (broad SMARTS) is 1. The molecule has 0 radical (unpaired) electrons. The van der Waals surface area contributed by atoms with Crippen molar-refractivity contribution in [3.63, 3.8) is 0 Å². The van der Waals surface area contributed by atoms with Gasteiger partial charge in [-0.15, -0.1) is 0 Å². The Hall–Kier alpha value is -7.25. The van der Waals surface area contributed by atoms with E-state index in [0.29, 0.717) is 23.9 Å². The van der Waals surface area contributed by atoms with Crippen molar-refractivity contribution < 1.29 is 52.6 Å². The number of phenols is 1. The maximum atomic E-state index is 14.0. The van der Waals surface area contributed by atoms with E-state index in [2.05, 4.69) is 10.6 Å². The number of carbonyl (C=O) groups excluding carboxylic acids is 6. The Labute approximate surface area is 327 Å². The Balaban J connectivity index is 1.15. The number of phenolic OH excluding ortho intramolecular Hbond substituents is 1. The summed E-state index contributed by atoms with van der Waals surface area (Å²) in [7, 11) is 0. The summed E-state index contributed by atoms with van der Waals surface area (Å²) >= 11 is 0. The molecule has 2 aliphatic heterocycles. The maximum absolute atomic E-state index is 14.0. The van der Waals surface area contributed by atoms with Crippen molar-refractivity contribution in [2.75, 3.05) is 24.5 Å². The zero-order valence-corrected chi connectivity index (χ0v) is 31.2. The number of nitrogens with zero attached hydrogens (tertiary/aromatic N) is 3. The lowest BCUT2D eigenvalue weighted by Crippen LogP contribution is -2.65. The van der Waals surface area contributed by atoms with Crippen molar-refractivity contribution in [1.82, 2.24) is 31.5 Å². The number of amides is 6. The molecule has 2 fully saturated rings. The van der Waals surface area contributed by atoms with Gasteiger partial charge >= 0.3 is 17.2 Å². The van der Waals surface area contributed by atoms with Gasteiger partial charge in [0.05, 0.1) is 6.42 Å². The molecule has 58 heavy (non-hydrogen) atoms. The molecule has 2 saturated heterocycles. The molecule has 3 atom stereocenters. The SMILES string of the molecule is CCN(CC)c1ccc2cc(C(=O)NNC(=O)[C@H](CC(=O)O)NC(=O)[C@@H]3CCCN4C(=O)CC[C@H](NC(=O)c5cc6ccc(O)cc6oc5=O)C(=O)N34)c(=O)oc2c1. The number of anilines is 1. The van der Waals surface area contributed by atoms with Crippen LogP contribution in [0.4, 0.5) is 5.69 Å². The molecule has 2 aromatic carbocycles. The van der Waals surface area contributed by atoms with Gasteiger partial charge in [0.1, 0.15) is 46.2 Å². The Bertz CT molecular complexity index is 2460. The van der Waals surface area contributed by atoms with Crippen LogP contribution < -0.4 is 37.6 Å². The van der Waals surface area contributed by atoms with Crippen molar-refractivity contribution in [3.05, 3.63) is 80.5 Å². The lowest BCUT2D eigenvalue weighted by molar-refractivity contribution is -0.176. The number of carbonyl (C=O) groups is 7. The summed E-state index contributed by atoms with van der Waals surface area (Å²) in [5.74, 6) is -7.46. The molecule has 2 aliphatic rings. The van der Waals surface area contributed by atoms with Crippen molar-refractivity contribution in [1.29, 1.82) is 0 Å². The highest BCUT2D eigenvalue weighted by Crippen LogP contribution is 2.26. The number of hydrogen-bond acceptors (Lipinski definition) is 13. The Morgan fingerprint density at radius 2 is 1.48 bits per heavy atom. The Morgan fingerprint density at radius 3 is 2.14 bits per heavy atom. The van der Waals surface area contributed by atoms with E-state index in [1.807, 2.05) is 29.6 Å². The Morgan fingerprint density at radius 1 is 0.845 bits per heavy atom. The zero-order valence-electron chi connectivity index (χ0n) is 31.2. The lowest BCUT2D eigenvalue weighted by Gasteiger charge is -2.43. The first-order valence-corrected chi connectivity index (χ1v) is 18.3. The molecule has 6 rings (SSSR count). The predicted molar refractivity (Wildman–Crippen MR) is 202 cm³/mol. The summed E-state index contributed by atoms with van der Waals surface area (Å²) in [6.45, 7) is 5.37. The third kappa shape index (κ3) is 8.44. The van der Waals surface area contributed by atoms with Crippen LogP contribution in [0.15, 0.2) is 67.0 Å². The molecule has 4 aromatic rings. The molecule has 0 aliphatic carbocycles. The number of rotatable bonds is 11. The minimum Gasteiger partial charge on any atom is -0.508 e. The largest absolute Gasteiger partial charge is 0.508 e. The van der Waals surface area contributed by atoms with Gasteiger partial charge in [-0.25, -0.2) is 14.6 Å². The average molecular weight is 802 g/mol. The quantitative estimate of drug-likeness (QED) is 0.0891. The van der Waals surface area contributed by atoms with Crippen LogP contribution in [-0.2, 0) is 24.0 Å². The fraction of sp³-hybridized carbons (Fsp3) is 0.342. The van der Waals surface area contributed by atoms with E-state index in [0.717, 1.165) is 15.7 Å². The second kappa shape index (κ2) is 16.9. The van der Waals surface area contributed by atoms with E-state index in [1.54, 1.807) is 18.2 Å². The van der Waals surface area contributed by atoms with E-state index < -0.39 is 88.3 Å². The molecule has 304 valence electrons. The highest BCUT2D eigenvalue weighted by atomic mass is 16.4. The highest BCUT2D eigenvalue weighted by molar-refractivity contribution is 6.02. The number of fused-ring (bicyclic) bond motifs is 3. The summed E-state index contributed by atoms with van der Waals surface area (Å²) in [4.78, 5) is 120. The molecule has 0 saturated carbocycles. The van der Waals surface area contributed by atoms with E-state index in [9.17, 15) is 53.4 Å². The van der Waals surface area contributed by atoms with Gasteiger partial charge in [0, 0.05) is 54.6 Å². The molecule has 0 spiro atoms. The van der Waals surface area contributed by atoms with Crippen LogP contribution >= 0.6 is 0 Å². The molecule has 20 heteroatoms. The van der Waals surface area contributed by atoms with E-state index in [4.69, 9.17) is 8.83 Å². The normalized spacial score (nSPS) is 17.2. The highest BCUT2D eigenvalue weighted by Gasteiger charge is 2.45. The zero-order chi connectivity index (χ0) is 41.8. The van der Waals surface area contributed by atoms with Gasteiger partial charge in [0.25, 0.3) is 23.6 Å². The van der Waals surface area contributed by atoms with Crippen molar-refractivity contribution >= 4 is 69.0 Å². The van der Waals surface area contributed by atoms with Gasteiger partial charge < -0.3 is 34.6 Å². The van der Waals surface area contributed by atoms with Crippen LogP contribution in [0.25, 0.3) is 21.9 Å². The second-order valence-electron chi connectivity index (χ2n) is 13.5. The molecular formula is C38H39N7O13. The van der Waals surface area contributed by atoms with Gasteiger partial charge in [-0.1, -0.05) is 0 Å². The number of benzene rings is 2. The molecule has 0 bridgehead atoms. The number of aromatic hydroxyl groups is 1. The maximum Gasteiger partial charge on any atom is 0.349 e. The molecule has 0 unspecified atom stereocenters. The number of nitrogens with one attached hydrogen (secondary N) is 4. The molecular weight excluding hydrogens is 762 g/mol. The Kier molecular flexibility index (Phi) is 11.7. The minimum atomic E-state index is -1.82. The van der Waals surface area contributed by atoms with E-state index >= 15 is 0 Å². The molecule has 6 N–H and O–H groups in total. The molecule has 20 nitrogen and oxygen atoms in total. The van der Waals surface area contributed by atoms with Gasteiger partial charge in [0.15, 0.2) is 0 Å². The van der Waals surface area contributed by atoms with Crippen LogP contribution in [0.5, 0.6) is 5.75 Å². The van der Waals surface area contributed by atoms with Crippen LogP contribution in [0.1, 0.15) is 66.7 Å². The number of hydrogen-bond donors (Lipinski definition) is 6. The predicted octanol–water partition coefficient (Wildman–Crippen LogP) is 0.499. The summed E-state index contributed by atoms with van der Waals surface area (Å²) in [5.41, 5.74) is 2.06. The first-order valence-electron chi connectivity index (χ1n) is 18.3. The van der Waals surface area contributed by atoms with E-state index in [-0.39, 0.29) is 49.1 Å². The summed E-state index contributed by atoms with van der Waals surface area (Å²) in [5, 5.41) is 26.6.